The van der Waals surface area contributed by atoms with Crippen molar-refractivity contribution in [2.75, 3.05) is 6.61 Å². The lowest BCUT2D eigenvalue weighted by atomic mass is 10.2. The highest BCUT2D eigenvalue weighted by molar-refractivity contribution is 5.76. The predicted octanol–water partition coefficient (Wildman–Crippen LogP) is -0.114. The molecule has 0 radical (unpaired) electrons. The van der Waals surface area contributed by atoms with Crippen LogP contribution in [0.5, 0.6) is 0 Å². The number of rotatable bonds is 3. The van der Waals surface area contributed by atoms with Crippen LogP contribution in [0.25, 0.3) is 0 Å². The number of esters is 1. The first-order chi connectivity index (χ1) is 4.84. The van der Waals surface area contributed by atoms with Crippen LogP contribution in [0.4, 0.5) is 0 Å². The molecule has 11 heavy (non-hydrogen) atoms. The van der Waals surface area contributed by atoms with Gasteiger partial charge in [-0.3, -0.25) is 0 Å². The van der Waals surface area contributed by atoms with Gasteiger partial charge in [0.1, 0.15) is 0 Å². The Hall–Kier alpha value is -0.610. The molecule has 0 rings (SSSR count). The van der Waals surface area contributed by atoms with Crippen molar-refractivity contribution in [3.63, 3.8) is 0 Å². The maximum atomic E-state index is 10.6. The zero-order valence-electron chi connectivity index (χ0n) is 7.00. The van der Waals surface area contributed by atoms with Crippen LogP contribution >= 0.6 is 0 Å². The molecule has 0 heterocycles. The highest BCUT2D eigenvalue weighted by Crippen LogP contribution is 2.02. The van der Waals surface area contributed by atoms with E-state index in [1.807, 2.05) is 13.8 Å². The van der Waals surface area contributed by atoms with Crippen LogP contribution in [0.3, 0.4) is 0 Å². The number of carbonyl (C=O) groups is 1. The fourth-order valence-corrected chi connectivity index (χ4v) is 0.379. The third-order valence-corrected chi connectivity index (χ3v) is 0.934. The van der Waals surface area contributed by atoms with Crippen molar-refractivity contribution in [3.05, 3.63) is 0 Å². The first kappa shape index (κ1) is 10.4. The average molecular weight is 162 g/mol. The largest absolute Gasteiger partial charge is 0.461 e. The van der Waals surface area contributed by atoms with E-state index < -0.39 is 11.8 Å². The second kappa shape index (κ2) is 3.69. The van der Waals surface area contributed by atoms with Crippen molar-refractivity contribution >= 4 is 5.97 Å². The minimum atomic E-state index is -2.37. The molecule has 2 N–H and O–H groups in total. The summed E-state index contributed by atoms with van der Waals surface area (Å²) in [5, 5.41) is 17.4. The monoisotopic (exact) mass is 162 g/mol. The van der Waals surface area contributed by atoms with Gasteiger partial charge < -0.3 is 14.9 Å². The van der Waals surface area contributed by atoms with Gasteiger partial charge in [-0.05, 0) is 5.92 Å². The van der Waals surface area contributed by atoms with E-state index in [-0.39, 0.29) is 12.5 Å². The topological polar surface area (TPSA) is 66.8 Å². The van der Waals surface area contributed by atoms with Gasteiger partial charge in [-0.15, -0.1) is 0 Å². The number of carbonyl (C=O) groups excluding carboxylic acids is 1. The van der Waals surface area contributed by atoms with Gasteiger partial charge in [0.2, 0.25) is 0 Å². The molecule has 0 spiro atoms. The summed E-state index contributed by atoms with van der Waals surface area (Å²) >= 11 is 0. The molecule has 0 aliphatic carbocycles. The lowest BCUT2D eigenvalue weighted by molar-refractivity contribution is -0.204. The van der Waals surface area contributed by atoms with Gasteiger partial charge in [0, 0.05) is 6.92 Å². The van der Waals surface area contributed by atoms with Crippen molar-refractivity contribution in [3.8, 4) is 0 Å². The summed E-state index contributed by atoms with van der Waals surface area (Å²) in [5.41, 5.74) is 0. The fourth-order valence-electron chi connectivity index (χ4n) is 0.379. The van der Waals surface area contributed by atoms with Crippen LogP contribution in [0.2, 0.25) is 0 Å². The Kier molecular flexibility index (Phi) is 3.48. The van der Waals surface area contributed by atoms with E-state index in [4.69, 9.17) is 10.2 Å². The van der Waals surface area contributed by atoms with Crippen LogP contribution < -0.4 is 0 Å². The van der Waals surface area contributed by atoms with Crippen molar-refractivity contribution < 1.29 is 19.7 Å². The number of aliphatic hydroxyl groups is 2. The van der Waals surface area contributed by atoms with Crippen LogP contribution in [-0.4, -0.2) is 28.6 Å². The minimum Gasteiger partial charge on any atom is -0.461 e. The van der Waals surface area contributed by atoms with Gasteiger partial charge in [0.05, 0.1) is 6.61 Å². The molecule has 0 unspecified atom stereocenters. The number of hydrogen-bond acceptors (Lipinski definition) is 4. The molecule has 0 saturated carbocycles. The molecule has 0 aromatic carbocycles. The zero-order valence-corrected chi connectivity index (χ0v) is 7.00. The second-order valence-corrected chi connectivity index (χ2v) is 3.01. The first-order valence-corrected chi connectivity index (χ1v) is 3.46. The molecule has 0 aromatic rings. The molecular formula is C7H14O4. The van der Waals surface area contributed by atoms with E-state index in [2.05, 4.69) is 4.74 Å². The lowest BCUT2D eigenvalue weighted by Gasteiger charge is -2.15. The van der Waals surface area contributed by atoms with Gasteiger partial charge >= 0.3 is 5.97 Å². The summed E-state index contributed by atoms with van der Waals surface area (Å²) in [6, 6.07) is 0. The molecule has 0 saturated heterocycles. The molecule has 0 fully saturated rings. The van der Waals surface area contributed by atoms with Gasteiger partial charge in [0.25, 0.3) is 5.79 Å². The van der Waals surface area contributed by atoms with Gasteiger partial charge in [-0.1, -0.05) is 13.8 Å². The van der Waals surface area contributed by atoms with E-state index in [9.17, 15) is 4.79 Å². The Morgan fingerprint density at radius 2 is 2.00 bits per heavy atom. The Morgan fingerprint density at radius 3 is 2.27 bits per heavy atom. The van der Waals surface area contributed by atoms with Crippen molar-refractivity contribution in [1.29, 1.82) is 0 Å². The molecule has 0 amide bonds. The molecular weight excluding hydrogens is 148 g/mol. The zero-order chi connectivity index (χ0) is 9.07. The van der Waals surface area contributed by atoms with E-state index in [0.29, 0.717) is 0 Å². The molecule has 4 nitrogen and oxygen atoms in total. The molecule has 0 aromatic heterocycles. The van der Waals surface area contributed by atoms with E-state index in [1.165, 1.54) is 0 Å². The van der Waals surface area contributed by atoms with E-state index >= 15 is 0 Å². The van der Waals surface area contributed by atoms with Crippen molar-refractivity contribution in [1.82, 2.24) is 0 Å². The standard InChI is InChI=1S/C7H14O4/c1-5(2)4-11-6(8)7(3,9)10/h5,9-10H,4H2,1-3H3. The van der Waals surface area contributed by atoms with Crippen LogP contribution in [0.15, 0.2) is 0 Å². The maximum absolute atomic E-state index is 10.6. The maximum Gasteiger partial charge on any atom is 0.366 e. The first-order valence-electron chi connectivity index (χ1n) is 3.46. The quantitative estimate of drug-likeness (QED) is 0.448. The summed E-state index contributed by atoms with van der Waals surface area (Å²) in [4.78, 5) is 10.6. The van der Waals surface area contributed by atoms with E-state index in [0.717, 1.165) is 6.92 Å². The summed E-state index contributed by atoms with van der Waals surface area (Å²) in [6.07, 6.45) is 0. The second-order valence-electron chi connectivity index (χ2n) is 3.01. The predicted molar refractivity (Wildman–Crippen MR) is 38.6 cm³/mol. The van der Waals surface area contributed by atoms with Gasteiger partial charge in [-0.2, -0.15) is 0 Å². The molecule has 0 bridgehead atoms. The smallest absolute Gasteiger partial charge is 0.366 e. The van der Waals surface area contributed by atoms with Crippen LogP contribution in [-0.2, 0) is 9.53 Å². The minimum absolute atomic E-state index is 0.196. The Morgan fingerprint density at radius 1 is 1.55 bits per heavy atom. The van der Waals surface area contributed by atoms with Crippen molar-refractivity contribution in [2.45, 2.75) is 26.6 Å². The van der Waals surface area contributed by atoms with E-state index in [1.54, 1.807) is 0 Å². The summed E-state index contributed by atoms with van der Waals surface area (Å²) in [6.45, 7) is 4.89. The summed E-state index contributed by atoms with van der Waals surface area (Å²) in [5.74, 6) is -3.18. The Bertz CT molecular complexity index is 134. The third kappa shape index (κ3) is 4.75. The lowest BCUT2D eigenvalue weighted by Crippen LogP contribution is -2.36. The normalized spacial score (nSPS) is 11.8. The number of ether oxygens (including phenoxy) is 1. The molecule has 66 valence electrons. The van der Waals surface area contributed by atoms with Crippen LogP contribution in [0.1, 0.15) is 20.8 Å². The highest BCUT2D eigenvalue weighted by Gasteiger charge is 2.28. The molecule has 0 aliphatic rings. The SMILES string of the molecule is CC(C)COC(=O)C(C)(O)O. The highest BCUT2D eigenvalue weighted by atomic mass is 16.6. The summed E-state index contributed by atoms with van der Waals surface area (Å²) < 4.78 is 4.53. The molecule has 0 atom stereocenters. The van der Waals surface area contributed by atoms with Gasteiger partial charge in [0.15, 0.2) is 0 Å². The third-order valence-electron chi connectivity index (χ3n) is 0.934. The molecule has 0 aliphatic heterocycles. The Balaban J connectivity index is 3.71. The van der Waals surface area contributed by atoms with Crippen molar-refractivity contribution in [2.24, 2.45) is 5.92 Å². The number of hydrogen-bond donors (Lipinski definition) is 2. The average Bonchev–Trinajstić information content (AvgIpc) is 1.80. The fraction of sp³-hybridized carbons (Fsp3) is 0.857. The van der Waals surface area contributed by atoms with Crippen LogP contribution in [0, 0.1) is 5.92 Å². The Labute approximate surface area is 65.8 Å². The van der Waals surface area contributed by atoms with Gasteiger partial charge in [-0.25, -0.2) is 4.79 Å². The summed E-state index contributed by atoms with van der Waals surface area (Å²) in [7, 11) is 0. The molecule has 4 heteroatoms.